The minimum atomic E-state index is -3.33. The minimum Gasteiger partial charge on any atom is -0.270 e. The fraction of sp³-hybridized carbons (Fsp3) is 0.375. The Kier molecular flexibility index (Phi) is 4.03. The van der Waals surface area contributed by atoms with E-state index in [2.05, 4.69) is 25.1 Å². The Hall–Kier alpha value is -0.460. The molecule has 0 saturated carbocycles. The molecule has 1 rings (SSSR count). The third-order valence-electron chi connectivity index (χ3n) is 1.48. The molecule has 0 saturated heterocycles. The van der Waals surface area contributed by atoms with Crippen LogP contribution in [0.2, 0.25) is 0 Å². The fourth-order valence-electron chi connectivity index (χ4n) is 0.865. The molecule has 14 heavy (non-hydrogen) atoms. The van der Waals surface area contributed by atoms with Crippen molar-refractivity contribution in [3.8, 4) is 0 Å². The maximum absolute atomic E-state index is 10.6. The lowest BCUT2D eigenvalue weighted by Gasteiger charge is -2.01. The molecule has 1 aromatic heterocycles. The summed E-state index contributed by atoms with van der Waals surface area (Å²) >= 11 is 3.21. The molecule has 1 aromatic rings. The number of pyridine rings is 1. The fourth-order valence-corrected chi connectivity index (χ4v) is 1.49. The van der Waals surface area contributed by atoms with E-state index in [1.807, 2.05) is 6.07 Å². The lowest BCUT2D eigenvalue weighted by molar-refractivity contribution is 0.326. The number of hydrogen-bond donors (Lipinski definition) is 0. The van der Waals surface area contributed by atoms with Crippen molar-refractivity contribution in [1.29, 1.82) is 0 Å². The average Bonchev–Trinajstić information content (AvgIpc) is 2.06. The van der Waals surface area contributed by atoms with Gasteiger partial charge in [0.15, 0.2) is 0 Å². The van der Waals surface area contributed by atoms with Crippen LogP contribution in [0.25, 0.3) is 0 Å². The van der Waals surface area contributed by atoms with E-state index >= 15 is 0 Å². The number of aromatic nitrogens is 1. The molecule has 0 unspecified atom stereocenters. The first-order valence-corrected chi connectivity index (χ1v) is 6.53. The van der Waals surface area contributed by atoms with Gasteiger partial charge in [-0.25, -0.2) is 4.98 Å². The van der Waals surface area contributed by atoms with Crippen LogP contribution < -0.4 is 0 Å². The molecule has 6 heteroatoms. The minimum absolute atomic E-state index is 0.155. The second-order valence-corrected chi connectivity index (χ2v) is 5.22. The zero-order valence-electron chi connectivity index (χ0n) is 7.60. The van der Waals surface area contributed by atoms with Gasteiger partial charge in [-0.3, -0.25) is 4.18 Å². The van der Waals surface area contributed by atoms with E-state index in [1.165, 1.54) is 0 Å². The largest absolute Gasteiger partial charge is 0.270 e. The van der Waals surface area contributed by atoms with Crippen molar-refractivity contribution in [3.63, 3.8) is 0 Å². The predicted octanol–water partition coefficient (Wildman–Crippen LogP) is 1.36. The van der Waals surface area contributed by atoms with Gasteiger partial charge in [0.25, 0.3) is 10.1 Å². The van der Waals surface area contributed by atoms with Gasteiger partial charge in [0.05, 0.1) is 12.9 Å². The predicted molar refractivity (Wildman–Crippen MR) is 56.4 cm³/mol. The molecular formula is C8H10BrNO3S. The first-order chi connectivity index (χ1) is 6.47. The Balaban J connectivity index is 2.43. The van der Waals surface area contributed by atoms with Crippen LogP contribution >= 0.6 is 15.9 Å². The van der Waals surface area contributed by atoms with Crippen LogP contribution in [0, 0.1) is 0 Å². The summed E-state index contributed by atoms with van der Waals surface area (Å²) in [6, 6.07) is 3.67. The van der Waals surface area contributed by atoms with E-state index < -0.39 is 10.1 Å². The number of nitrogens with zero attached hydrogens (tertiary/aromatic N) is 1. The first kappa shape index (κ1) is 11.6. The summed E-state index contributed by atoms with van der Waals surface area (Å²) < 4.78 is 26.6. The SMILES string of the molecule is CS(=O)(=O)OCCc1ccc(Br)nc1. The Labute approximate surface area is 91.6 Å². The molecule has 0 amide bonds. The molecule has 0 spiro atoms. The molecule has 0 N–H and O–H groups in total. The average molecular weight is 280 g/mol. The summed E-state index contributed by atoms with van der Waals surface area (Å²) in [4.78, 5) is 4.01. The molecule has 0 aliphatic carbocycles. The van der Waals surface area contributed by atoms with E-state index in [0.717, 1.165) is 16.4 Å². The van der Waals surface area contributed by atoms with Gasteiger partial charge < -0.3 is 0 Å². The van der Waals surface area contributed by atoms with Crippen LogP contribution in [0.15, 0.2) is 22.9 Å². The van der Waals surface area contributed by atoms with E-state index in [0.29, 0.717) is 6.42 Å². The zero-order valence-corrected chi connectivity index (χ0v) is 10.0. The topological polar surface area (TPSA) is 56.3 Å². The van der Waals surface area contributed by atoms with E-state index in [9.17, 15) is 8.42 Å². The van der Waals surface area contributed by atoms with Crippen LogP contribution in [0.5, 0.6) is 0 Å². The molecule has 0 aromatic carbocycles. The highest BCUT2D eigenvalue weighted by molar-refractivity contribution is 9.10. The molecule has 0 aliphatic rings. The summed E-state index contributed by atoms with van der Waals surface area (Å²) in [7, 11) is -3.33. The second kappa shape index (κ2) is 4.86. The monoisotopic (exact) mass is 279 g/mol. The maximum Gasteiger partial charge on any atom is 0.264 e. The lowest BCUT2D eigenvalue weighted by atomic mass is 10.2. The zero-order chi connectivity index (χ0) is 10.6. The van der Waals surface area contributed by atoms with Crippen molar-refractivity contribution in [3.05, 3.63) is 28.5 Å². The van der Waals surface area contributed by atoms with Gasteiger partial charge in [0.1, 0.15) is 4.60 Å². The quantitative estimate of drug-likeness (QED) is 0.617. The number of rotatable bonds is 4. The Morgan fingerprint density at radius 1 is 1.50 bits per heavy atom. The smallest absolute Gasteiger partial charge is 0.264 e. The first-order valence-electron chi connectivity index (χ1n) is 3.92. The third kappa shape index (κ3) is 4.69. The summed E-state index contributed by atoms with van der Waals surface area (Å²) in [6.45, 7) is 0.155. The third-order valence-corrected chi connectivity index (χ3v) is 2.54. The van der Waals surface area contributed by atoms with Crippen molar-refractivity contribution in [1.82, 2.24) is 4.98 Å². The second-order valence-electron chi connectivity index (χ2n) is 2.77. The van der Waals surface area contributed by atoms with Crippen molar-refractivity contribution in [2.75, 3.05) is 12.9 Å². The molecule has 0 radical (unpaired) electrons. The molecular weight excluding hydrogens is 270 g/mol. The molecule has 0 bridgehead atoms. The van der Waals surface area contributed by atoms with Crippen molar-refractivity contribution in [2.24, 2.45) is 0 Å². The van der Waals surface area contributed by atoms with Gasteiger partial charge in [0.2, 0.25) is 0 Å². The Morgan fingerprint density at radius 3 is 2.71 bits per heavy atom. The van der Waals surface area contributed by atoms with E-state index in [-0.39, 0.29) is 6.61 Å². The standard InChI is InChI=1S/C8H10BrNO3S/c1-14(11,12)13-5-4-7-2-3-8(9)10-6-7/h2-3,6H,4-5H2,1H3. The Bertz CT molecular complexity index is 388. The molecule has 78 valence electrons. The maximum atomic E-state index is 10.6. The van der Waals surface area contributed by atoms with Crippen molar-refractivity contribution in [2.45, 2.75) is 6.42 Å². The molecule has 1 heterocycles. The summed E-state index contributed by atoms with van der Waals surface area (Å²) in [5, 5.41) is 0. The van der Waals surface area contributed by atoms with Gasteiger partial charge in [-0.1, -0.05) is 6.07 Å². The molecule has 4 nitrogen and oxygen atoms in total. The van der Waals surface area contributed by atoms with E-state index in [1.54, 1.807) is 12.3 Å². The van der Waals surface area contributed by atoms with Crippen LogP contribution in [0.4, 0.5) is 0 Å². The molecule has 0 atom stereocenters. The molecule has 0 aliphatic heterocycles. The van der Waals surface area contributed by atoms with Gasteiger partial charge in [-0.2, -0.15) is 8.42 Å². The van der Waals surface area contributed by atoms with Gasteiger partial charge in [0, 0.05) is 6.20 Å². The number of hydrogen-bond acceptors (Lipinski definition) is 4. The summed E-state index contributed by atoms with van der Waals surface area (Å²) in [5.74, 6) is 0. The van der Waals surface area contributed by atoms with Crippen LogP contribution in [0.1, 0.15) is 5.56 Å². The normalized spacial score (nSPS) is 11.6. The lowest BCUT2D eigenvalue weighted by Crippen LogP contribution is -2.06. The summed E-state index contributed by atoms with van der Waals surface area (Å²) in [5.41, 5.74) is 0.942. The van der Waals surface area contributed by atoms with Crippen LogP contribution in [-0.4, -0.2) is 26.3 Å². The van der Waals surface area contributed by atoms with Crippen LogP contribution in [-0.2, 0) is 20.7 Å². The molecule has 0 fully saturated rings. The van der Waals surface area contributed by atoms with Crippen molar-refractivity contribution < 1.29 is 12.6 Å². The highest BCUT2D eigenvalue weighted by Crippen LogP contribution is 2.07. The highest BCUT2D eigenvalue weighted by Gasteiger charge is 2.01. The van der Waals surface area contributed by atoms with Gasteiger partial charge in [-0.15, -0.1) is 0 Å². The van der Waals surface area contributed by atoms with Crippen molar-refractivity contribution >= 4 is 26.0 Å². The van der Waals surface area contributed by atoms with Gasteiger partial charge >= 0.3 is 0 Å². The highest BCUT2D eigenvalue weighted by atomic mass is 79.9. The Morgan fingerprint density at radius 2 is 2.21 bits per heavy atom. The summed E-state index contributed by atoms with van der Waals surface area (Å²) in [6.07, 6.45) is 3.25. The van der Waals surface area contributed by atoms with E-state index in [4.69, 9.17) is 0 Å². The number of halogens is 1. The van der Waals surface area contributed by atoms with Gasteiger partial charge in [-0.05, 0) is 34.0 Å². The van der Waals surface area contributed by atoms with Crippen LogP contribution in [0.3, 0.4) is 0 Å².